The largest absolute Gasteiger partial charge is 0.497 e. The van der Waals surface area contributed by atoms with Crippen LogP contribution in [0, 0.1) is 5.82 Å². The second-order valence-electron chi connectivity index (χ2n) is 5.10. The van der Waals surface area contributed by atoms with E-state index in [9.17, 15) is 4.39 Å². The minimum absolute atomic E-state index is 0.125. The summed E-state index contributed by atoms with van der Waals surface area (Å²) in [6.45, 7) is 5.22. The van der Waals surface area contributed by atoms with Gasteiger partial charge in [-0.3, -0.25) is 0 Å². The number of nitrogens with one attached hydrogen (secondary N) is 1. The lowest BCUT2D eigenvalue weighted by Crippen LogP contribution is -2.27. The fourth-order valence-electron chi connectivity index (χ4n) is 2.79. The first-order chi connectivity index (χ1) is 8.67. The molecule has 0 saturated carbocycles. The first-order valence-electron chi connectivity index (χ1n) is 6.78. The number of rotatable bonds is 4. The van der Waals surface area contributed by atoms with E-state index in [1.165, 1.54) is 6.07 Å². The third-order valence-corrected chi connectivity index (χ3v) is 3.77. The number of halogens is 1. The Balaban J connectivity index is 2.38. The molecule has 0 aromatic heterocycles. The van der Waals surface area contributed by atoms with Crippen LogP contribution < -0.4 is 10.1 Å². The average molecular weight is 251 g/mol. The van der Waals surface area contributed by atoms with Crippen molar-refractivity contribution in [2.75, 3.05) is 13.7 Å². The number of benzene rings is 1. The van der Waals surface area contributed by atoms with Crippen LogP contribution in [0.1, 0.15) is 56.2 Å². The van der Waals surface area contributed by atoms with E-state index in [-0.39, 0.29) is 11.9 Å². The van der Waals surface area contributed by atoms with E-state index in [1.54, 1.807) is 7.11 Å². The van der Waals surface area contributed by atoms with Crippen LogP contribution >= 0.6 is 0 Å². The summed E-state index contributed by atoms with van der Waals surface area (Å²) in [4.78, 5) is 0. The summed E-state index contributed by atoms with van der Waals surface area (Å²) in [5.41, 5.74) is 1.95. The smallest absolute Gasteiger partial charge is 0.130 e. The van der Waals surface area contributed by atoms with Gasteiger partial charge in [0.25, 0.3) is 0 Å². The molecule has 2 atom stereocenters. The van der Waals surface area contributed by atoms with Gasteiger partial charge in [0, 0.05) is 12.1 Å². The van der Waals surface area contributed by atoms with Gasteiger partial charge in [-0.15, -0.1) is 0 Å². The molecule has 100 valence electrons. The predicted molar refractivity (Wildman–Crippen MR) is 71.6 cm³/mol. The Bertz CT molecular complexity index is 419. The predicted octanol–water partition coefficient (Wildman–Crippen LogP) is 3.77. The minimum Gasteiger partial charge on any atom is -0.497 e. The normalized spacial score (nSPS) is 22.7. The summed E-state index contributed by atoms with van der Waals surface area (Å²) in [5.74, 6) is 0.786. The Morgan fingerprint density at radius 1 is 1.39 bits per heavy atom. The molecule has 1 aromatic rings. The Hall–Kier alpha value is -1.09. The van der Waals surface area contributed by atoms with Crippen molar-refractivity contribution in [2.45, 2.75) is 45.1 Å². The second-order valence-corrected chi connectivity index (χ2v) is 5.10. The summed E-state index contributed by atoms with van der Waals surface area (Å²) >= 11 is 0. The van der Waals surface area contributed by atoms with Crippen molar-refractivity contribution in [3.05, 3.63) is 29.1 Å². The van der Waals surface area contributed by atoms with E-state index in [0.717, 1.165) is 36.9 Å². The number of methoxy groups -OCH3 is 1. The summed E-state index contributed by atoms with van der Waals surface area (Å²) in [6.07, 6.45) is 3.20. The molecule has 0 heterocycles. The first-order valence-corrected chi connectivity index (χ1v) is 6.78. The number of fused-ring (bicyclic) bond motifs is 1. The maximum Gasteiger partial charge on any atom is 0.130 e. The fourth-order valence-corrected chi connectivity index (χ4v) is 2.79. The van der Waals surface area contributed by atoms with Crippen molar-refractivity contribution in [3.63, 3.8) is 0 Å². The van der Waals surface area contributed by atoms with E-state index in [4.69, 9.17) is 4.74 Å². The summed E-state index contributed by atoms with van der Waals surface area (Å²) < 4.78 is 19.3. The van der Waals surface area contributed by atoms with E-state index in [1.807, 2.05) is 6.07 Å². The van der Waals surface area contributed by atoms with Crippen LogP contribution in [0.25, 0.3) is 0 Å². The third-order valence-electron chi connectivity index (χ3n) is 3.77. The molecule has 0 fully saturated rings. The molecule has 1 aromatic carbocycles. The maximum atomic E-state index is 14.2. The SMILES string of the molecule is CCCNC1CCC(C)c2c(F)cc(OC)cc21. The Morgan fingerprint density at radius 3 is 2.83 bits per heavy atom. The molecule has 0 aliphatic heterocycles. The highest BCUT2D eigenvalue weighted by molar-refractivity contribution is 5.42. The second kappa shape index (κ2) is 5.70. The zero-order chi connectivity index (χ0) is 13.1. The van der Waals surface area contributed by atoms with Crippen LogP contribution in [-0.4, -0.2) is 13.7 Å². The molecule has 2 unspecified atom stereocenters. The van der Waals surface area contributed by atoms with Gasteiger partial charge in [0.2, 0.25) is 0 Å². The van der Waals surface area contributed by atoms with Crippen molar-refractivity contribution in [1.82, 2.24) is 5.32 Å². The molecule has 0 bridgehead atoms. The number of ether oxygens (including phenoxy) is 1. The number of hydrogen-bond acceptors (Lipinski definition) is 2. The van der Waals surface area contributed by atoms with Gasteiger partial charge in [-0.2, -0.15) is 0 Å². The summed E-state index contributed by atoms with van der Waals surface area (Å²) in [7, 11) is 1.59. The van der Waals surface area contributed by atoms with Gasteiger partial charge in [-0.05, 0) is 48.9 Å². The molecule has 1 N–H and O–H groups in total. The highest BCUT2D eigenvalue weighted by atomic mass is 19.1. The van der Waals surface area contributed by atoms with Crippen molar-refractivity contribution in [1.29, 1.82) is 0 Å². The zero-order valence-electron chi connectivity index (χ0n) is 11.4. The molecule has 2 rings (SSSR count). The zero-order valence-corrected chi connectivity index (χ0v) is 11.4. The van der Waals surface area contributed by atoms with Crippen LogP contribution in [0.15, 0.2) is 12.1 Å². The van der Waals surface area contributed by atoms with E-state index >= 15 is 0 Å². The lowest BCUT2D eigenvalue weighted by atomic mass is 9.80. The van der Waals surface area contributed by atoms with Crippen LogP contribution in [0.4, 0.5) is 4.39 Å². The van der Waals surface area contributed by atoms with Gasteiger partial charge in [0.1, 0.15) is 11.6 Å². The number of hydrogen-bond donors (Lipinski definition) is 1. The Kier molecular flexibility index (Phi) is 4.23. The molecular formula is C15H22FNO. The maximum absolute atomic E-state index is 14.2. The average Bonchev–Trinajstić information content (AvgIpc) is 2.37. The van der Waals surface area contributed by atoms with Gasteiger partial charge in [0.15, 0.2) is 0 Å². The van der Waals surface area contributed by atoms with Gasteiger partial charge in [-0.25, -0.2) is 4.39 Å². The molecule has 2 nitrogen and oxygen atoms in total. The molecule has 1 aliphatic carbocycles. The summed E-state index contributed by atoms with van der Waals surface area (Å²) in [6, 6.07) is 3.75. The van der Waals surface area contributed by atoms with Crippen molar-refractivity contribution in [2.24, 2.45) is 0 Å². The molecular weight excluding hydrogens is 229 g/mol. The van der Waals surface area contributed by atoms with E-state index in [2.05, 4.69) is 19.2 Å². The topological polar surface area (TPSA) is 21.3 Å². The molecule has 0 radical (unpaired) electrons. The van der Waals surface area contributed by atoms with Crippen LogP contribution in [-0.2, 0) is 0 Å². The molecule has 1 aliphatic rings. The van der Waals surface area contributed by atoms with Gasteiger partial charge in [-0.1, -0.05) is 13.8 Å². The Labute approximate surface area is 109 Å². The monoisotopic (exact) mass is 251 g/mol. The van der Waals surface area contributed by atoms with Crippen molar-refractivity contribution >= 4 is 0 Å². The van der Waals surface area contributed by atoms with Crippen LogP contribution in [0.5, 0.6) is 5.75 Å². The van der Waals surface area contributed by atoms with Crippen molar-refractivity contribution < 1.29 is 9.13 Å². The van der Waals surface area contributed by atoms with Crippen molar-refractivity contribution in [3.8, 4) is 5.75 Å². The van der Waals surface area contributed by atoms with Crippen LogP contribution in [0.2, 0.25) is 0 Å². The van der Waals surface area contributed by atoms with Gasteiger partial charge < -0.3 is 10.1 Å². The standard InChI is InChI=1S/C15H22FNO/c1-4-7-17-14-6-5-10(2)15-12(14)8-11(18-3)9-13(15)16/h8-10,14,17H,4-7H2,1-3H3. The fraction of sp³-hybridized carbons (Fsp3) is 0.600. The molecule has 0 spiro atoms. The lowest BCUT2D eigenvalue weighted by molar-refractivity contribution is 0.393. The Morgan fingerprint density at radius 2 is 2.17 bits per heavy atom. The van der Waals surface area contributed by atoms with E-state index in [0.29, 0.717) is 11.7 Å². The molecule has 0 saturated heterocycles. The highest BCUT2D eigenvalue weighted by Gasteiger charge is 2.27. The third kappa shape index (κ3) is 2.51. The molecule has 3 heteroatoms. The van der Waals surface area contributed by atoms with E-state index < -0.39 is 0 Å². The lowest BCUT2D eigenvalue weighted by Gasteiger charge is -2.31. The first kappa shape index (κ1) is 13.3. The van der Waals surface area contributed by atoms with Crippen LogP contribution in [0.3, 0.4) is 0 Å². The summed E-state index contributed by atoms with van der Waals surface area (Å²) in [5, 5.41) is 3.50. The molecule has 0 amide bonds. The minimum atomic E-state index is -0.125. The van der Waals surface area contributed by atoms with Gasteiger partial charge in [0.05, 0.1) is 7.11 Å². The van der Waals surface area contributed by atoms with Gasteiger partial charge >= 0.3 is 0 Å². The molecule has 18 heavy (non-hydrogen) atoms. The highest BCUT2D eigenvalue weighted by Crippen LogP contribution is 2.40. The quantitative estimate of drug-likeness (QED) is 0.879.